The number of hydrogen-bond acceptors (Lipinski definition) is 4. The van der Waals surface area contributed by atoms with Gasteiger partial charge in [0, 0.05) is 6.61 Å². The minimum Gasteiger partial charge on any atom is -0.377 e. The van der Waals surface area contributed by atoms with Gasteiger partial charge in [-0.25, -0.2) is 13.1 Å². The Morgan fingerprint density at radius 1 is 1.56 bits per heavy atom. The smallest absolute Gasteiger partial charge is 0.250 e. The average Bonchev–Trinajstić information content (AvgIpc) is 2.77. The largest absolute Gasteiger partial charge is 0.377 e. The van der Waals surface area contributed by atoms with Gasteiger partial charge in [-0.2, -0.15) is 0 Å². The first-order valence-corrected chi connectivity index (χ1v) is 7.97. The van der Waals surface area contributed by atoms with Crippen LogP contribution in [0.25, 0.3) is 0 Å². The molecule has 2 atom stereocenters. The van der Waals surface area contributed by atoms with Crippen molar-refractivity contribution in [2.45, 2.75) is 29.7 Å². The van der Waals surface area contributed by atoms with E-state index in [0.29, 0.717) is 10.8 Å². The molecular formula is C9H12BrNO3S2. The van der Waals surface area contributed by atoms with E-state index in [1.54, 1.807) is 12.1 Å². The summed E-state index contributed by atoms with van der Waals surface area (Å²) in [6.07, 6.45) is 0.672. The van der Waals surface area contributed by atoms with Crippen molar-refractivity contribution in [3.8, 4) is 0 Å². The average molecular weight is 326 g/mol. The number of halogens is 1. The molecule has 0 saturated carbocycles. The van der Waals surface area contributed by atoms with Crippen LogP contribution >= 0.6 is 27.3 Å². The van der Waals surface area contributed by atoms with Gasteiger partial charge in [0.05, 0.1) is 15.9 Å². The summed E-state index contributed by atoms with van der Waals surface area (Å²) in [6, 6.07) is 3.21. The molecule has 0 aliphatic carbocycles. The molecule has 1 saturated heterocycles. The van der Waals surface area contributed by atoms with E-state index in [9.17, 15) is 8.42 Å². The Hall–Kier alpha value is 0.0500. The Morgan fingerprint density at radius 3 is 2.81 bits per heavy atom. The zero-order valence-electron chi connectivity index (χ0n) is 8.64. The van der Waals surface area contributed by atoms with E-state index in [2.05, 4.69) is 20.7 Å². The zero-order valence-corrected chi connectivity index (χ0v) is 11.9. The maximum atomic E-state index is 12.0. The van der Waals surface area contributed by atoms with Crippen LogP contribution in [0.5, 0.6) is 0 Å². The summed E-state index contributed by atoms with van der Waals surface area (Å²) in [5.74, 6) is 0. The lowest BCUT2D eigenvalue weighted by Crippen LogP contribution is -2.38. The monoisotopic (exact) mass is 325 g/mol. The van der Waals surface area contributed by atoms with E-state index >= 15 is 0 Å². The molecule has 0 bridgehead atoms. The van der Waals surface area contributed by atoms with Gasteiger partial charge in [-0.15, -0.1) is 11.3 Å². The van der Waals surface area contributed by atoms with E-state index in [-0.39, 0.29) is 12.1 Å². The third kappa shape index (κ3) is 2.65. The van der Waals surface area contributed by atoms with E-state index in [4.69, 9.17) is 4.74 Å². The molecule has 0 amide bonds. The number of rotatable bonds is 3. The van der Waals surface area contributed by atoms with Crippen molar-refractivity contribution < 1.29 is 13.2 Å². The molecule has 1 fully saturated rings. The lowest BCUT2D eigenvalue weighted by atomic mass is 10.2. The summed E-state index contributed by atoms with van der Waals surface area (Å²) in [6.45, 7) is 2.49. The van der Waals surface area contributed by atoms with Crippen molar-refractivity contribution in [1.29, 1.82) is 0 Å². The molecule has 7 heteroatoms. The molecule has 1 N–H and O–H groups in total. The van der Waals surface area contributed by atoms with Gasteiger partial charge in [0.1, 0.15) is 4.21 Å². The van der Waals surface area contributed by atoms with Crippen LogP contribution in [0.3, 0.4) is 0 Å². The Morgan fingerprint density at radius 2 is 2.31 bits per heavy atom. The molecule has 4 nitrogen and oxygen atoms in total. The summed E-state index contributed by atoms with van der Waals surface area (Å²) in [5, 5.41) is 0. The SMILES string of the molecule is CC1OCCC1NS(=O)(=O)c1ccc(Br)s1. The molecule has 1 aliphatic rings. The Bertz CT molecular complexity index is 471. The lowest BCUT2D eigenvalue weighted by molar-refractivity contribution is 0.117. The molecule has 0 radical (unpaired) electrons. The normalized spacial score (nSPS) is 26.1. The zero-order chi connectivity index (χ0) is 11.8. The standard InChI is InChI=1S/C9H12BrNO3S2/c1-6-7(4-5-14-6)11-16(12,13)9-3-2-8(10)15-9/h2-3,6-7,11H,4-5H2,1H3. The number of hydrogen-bond donors (Lipinski definition) is 1. The summed E-state index contributed by atoms with van der Waals surface area (Å²) >= 11 is 4.46. The van der Waals surface area contributed by atoms with Gasteiger partial charge in [-0.1, -0.05) is 0 Å². The highest BCUT2D eigenvalue weighted by Gasteiger charge is 2.29. The Labute approximate surface area is 107 Å². The van der Waals surface area contributed by atoms with Gasteiger partial charge < -0.3 is 4.74 Å². The maximum absolute atomic E-state index is 12.0. The fourth-order valence-electron chi connectivity index (χ4n) is 1.59. The van der Waals surface area contributed by atoms with Crippen LogP contribution in [0, 0.1) is 0 Å². The van der Waals surface area contributed by atoms with Crippen molar-refractivity contribution in [3.05, 3.63) is 15.9 Å². The van der Waals surface area contributed by atoms with Crippen LogP contribution in [0.15, 0.2) is 20.1 Å². The van der Waals surface area contributed by atoms with Crippen molar-refractivity contribution in [3.63, 3.8) is 0 Å². The molecule has 16 heavy (non-hydrogen) atoms. The molecule has 2 unspecified atom stereocenters. The van der Waals surface area contributed by atoms with Crippen LogP contribution in [0.1, 0.15) is 13.3 Å². The van der Waals surface area contributed by atoms with E-state index in [1.807, 2.05) is 6.92 Å². The molecule has 1 aromatic rings. The second-order valence-electron chi connectivity index (χ2n) is 3.65. The fraction of sp³-hybridized carbons (Fsp3) is 0.556. The molecule has 1 aromatic heterocycles. The molecule has 0 spiro atoms. The molecule has 2 heterocycles. The summed E-state index contributed by atoms with van der Waals surface area (Å²) in [7, 11) is -3.40. The molecule has 90 valence electrons. The van der Waals surface area contributed by atoms with E-state index < -0.39 is 10.0 Å². The van der Waals surface area contributed by atoms with Crippen molar-refractivity contribution in [1.82, 2.24) is 4.72 Å². The van der Waals surface area contributed by atoms with Gasteiger partial charge in [0.25, 0.3) is 0 Å². The third-order valence-electron chi connectivity index (χ3n) is 2.50. The maximum Gasteiger partial charge on any atom is 0.250 e. The van der Waals surface area contributed by atoms with Gasteiger partial charge in [-0.05, 0) is 41.4 Å². The van der Waals surface area contributed by atoms with Crippen LogP contribution in [0.2, 0.25) is 0 Å². The van der Waals surface area contributed by atoms with Gasteiger partial charge in [0.15, 0.2) is 0 Å². The highest BCUT2D eigenvalue weighted by atomic mass is 79.9. The first kappa shape index (κ1) is 12.5. The van der Waals surface area contributed by atoms with Crippen molar-refractivity contribution in [2.24, 2.45) is 0 Å². The third-order valence-corrected chi connectivity index (χ3v) is 6.10. The fourth-order valence-corrected chi connectivity index (χ4v) is 4.95. The number of sulfonamides is 1. The lowest BCUT2D eigenvalue weighted by Gasteiger charge is -2.15. The van der Waals surface area contributed by atoms with E-state index in [0.717, 1.165) is 10.2 Å². The number of ether oxygens (including phenoxy) is 1. The molecule has 0 aromatic carbocycles. The van der Waals surface area contributed by atoms with Gasteiger partial charge in [0.2, 0.25) is 10.0 Å². The van der Waals surface area contributed by atoms with Crippen LogP contribution in [-0.4, -0.2) is 27.2 Å². The van der Waals surface area contributed by atoms with Crippen LogP contribution in [-0.2, 0) is 14.8 Å². The Balaban J connectivity index is 2.14. The van der Waals surface area contributed by atoms with Crippen molar-refractivity contribution in [2.75, 3.05) is 6.61 Å². The van der Waals surface area contributed by atoms with Gasteiger partial charge in [-0.3, -0.25) is 0 Å². The topological polar surface area (TPSA) is 55.4 Å². The van der Waals surface area contributed by atoms with Crippen LogP contribution < -0.4 is 4.72 Å². The first-order chi connectivity index (χ1) is 7.49. The highest BCUT2D eigenvalue weighted by molar-refractivity contribution is 9.11. The minimum atomic E-state index is -3.40. The number of thiophene rings is 1. The Kier molecular flexibility index (Phi) is 3.70. The summed E-state index contributed by atoms with van der Waals surface area (Å²) in [5.41, 5.74) is 0. The second-order valence-corrected chi connectivity index (χ2v) is 8.05. The summed E-state index contributed by atoms with van der Waals surface area (Å²) in [4.78, 5) is 0. The second kappa shape index (κ2) is 4.73. The van der Waals surface area contributed by atoms with Crippen molar-refractivity contribution >= 4 is 37.3 Å². The number of nitrogens with one attached hydrogen (secondary N) is 1. The molecule has 2 rings (SSSR count). The molecule has 1 aliphatic heterocycles. The van der Waals surface area contributed by atoms with Gasteiger partial charge >= 0.3 is 0 Å². The van der Waals surface area contributed by atoms with E-state index in [1.165, 1.54) is 11.3 Å². The summed E-state index contributed by atoms with van der Waals surface area (Å²) < 4.78 is 33.1. The van der Waals surface area contributed by atoms with Crippen LogP contribution in [0.4, 0.5) is 0 Å². The highest BCUT2D eigenvalue weighted by Crippen LogP contribution is 2.26. The predicted octanol–water partition coefficient (Wildman–Crippen LogP) is 1.97. The first-order valence-electron chi connectivity index (χ1n) is 4.88. The molecular weight excluding hydrogens is 314 g/mol. The quantitative estimate of drug-likeness (QED) is 0.924. The predicted molar refractivity (Wildman–Crippen MR) is 66.2 cm³/mol. The minimum absolute atomic E-state index is 0.0572.